The van der Waals surface area contributed by atoms with E-state index in [0.29, 0.717) is 33.6 Å². The van der Waals surface area contributed by atoms with Crippen LogP contribution >= 0.6 is 0 Å². The highest BCUT2D eigenvalue weighted by Gasteiger charge is 2.23. The smallest absolute Gasteiger partial charge is 0.339 e. The van der Waals surface area contributed by atoms with Crippen molar-refractivity contribution in [3.63, 3.8) is 0 Å². The molecule has 0 saturated carbocycles. The van der Waals surface area contributed by atoms with Gasteiger partial charge in [-0.1, -0.05) is 36.4 Å². The number of esters is 1. The van der Waals surface area contributed by atoms with Crippen LogP contribution in [0.25, 0.3) is 33.3 Å². The van der Waals surface area contributed by atoms with Crippen LogP contribution < -0.4 is 5.32 Å². The van der Waals surface area contributed by atoms with Gasteiger partial charge in [0.15, 0.2) is 11.7 Å². The van der Waals surface area contributed by atoms with Crippen molar-refractivity contribution in [2.75, 3.05) is 5.32 Å². The Kier molecular flexibility index (Phi) is 5.51. The highest BCUT2D eigenvalue weighted by atomic mass is 19.1. The number of carbonyl (C=O) groups is 2. The Bertz CT molecular complexity index is 1490. The number of benzene rings is 4. The Balaban J connectivity index is 1.45. The van der Waals surface area contributed by atoms with E-state index in [4.69, 9.17) is 9.15 Å². The van der Waals surface area contributed by atoms with Gasteiger partial charge >= 0.3 is 5.97 Å². The SMILES string of the molecule is CC(OC(=O)c1cccc2cccc(-c3nc4ccccc4o3)c12)C(=O)Nc1ccc(F)cc1. The monoisotopic (exact) mass is 454 g/mol. The molecule has 0 bridgehead atoms. The number of aromatic nitrogens is 1. The highest BCUT2D eigenvalue weighted by Crippen LogP contribution is 2.33. The first-order valence-corrected chi connectivity index (χ1v) is 10.6. The summed E-state index contributed by atoms with van der Waals surface area (Å²) < 4.78 is 24.5. The maximum absolute atomic E-state index is 13.1. The van der Waals surface area contributed by atoms with E-state index in [1.54, 1.807) is 12.1 Å². The van der Waals surface area contributed by atoms with Gasteiger partial charge in [0, 0.05) is 16.6 Å². The van der Waals surface area contributed by atoms with Crippen molar-refractivity contribution in [1.29, 1.82) is 0 Å². The summed E-state index contributed by atoms with van der Waals surface area (Å²) in [7, 11) is 0. The third-order valence-corrected chi connectivity index (χ3v) is 5.41. The van der Waals surface area contributed by atoms with Crippen LogP contribution in [-0.2, 0) is 9.53 Å². The van der Waals surface area contributed by atoms with Crippen LogP contribution in [0.5, 0.6) is 0 Å². The third kappa shape index (κ3) is 4.11. The van der Waals surface area contributed by atoms with Crippen molar-refractivity contribution in [2.45, 2.75) is 13.0 Å². The number of amides is 1. The first-order chi connectivity index (χ1) is 16.5. The van der Waals surface area contributed by atoms with Crippen molar-refractivity contribution in [1.82, 2.24) is 4.98 Å². The summed E-state index contributed by atoms with van der Waals surface area (Å²) in [5.74, 6) is -1.22. The maximum atomic E-state index is 13.1. The Morgan fingerprint density at radius 1 is 0.941 bits per heavy atom. The lowest BCUT2D eigenvalue weighted by atomic mass is 9.99. The lowest BCUT2D eigenvalue weighted by Crippen LogP contribution is -2.30. The molecule has 1 aromatic heterocycles. The van der Waals surface area contributed by atoms with E-state index in [0.717, 1.165) is 5.39 Å². The Morgan fingerprint density at radius 3 is 2.44 bits per heavy atom. The Labute approximate surface area is 194 Å². The van der Waals surface area contributed by atoms with E-state index < -0.39 is 23.8 Å². The summed E-state index contributed by atoms with van der Waals surface area (Å²) in [5, 5.41) is 4.03. The topological polar surface area (TPSA) is 81.4 Å². The van der Waals surface area contributed by atoms with Crippen LogP contribution in [0.4, 0.5) is 10.1 Å². The van der Waals surface area contributed by atoms with Crippen LogP contribution in [0.1, 0.15) is 17.3 Å². The number of para-hydroxylation sites is 2. The van der Waals surface area contributed by atoms with Gasteiger partial charge < -0.3 is 14.5 Å². The number of hydrogen-bond donors (Lipinski definition) is 1. The summed E-state index contributed by atoms with van der Waals surface area (Å²) >= 11 is 0. The zero-order valence-corrected chi connectivity index (χ0v) is 18.1. The van der Waals surface area contributed by atoms with Gasteiger partial charge in [0.2, 0.25) is 5.89 Å². The quantitative estimate of drug-likeness (QED) is 0.331. The molecule has 7 heteroatoms. The van der Waals surface area contributed by atoms with Gasteiger partial charge in [-0.15, -0.1) is 0 Å². The average molecular weight is 454 g/mol. The molecular weight excluding hydrogens is 435 g/mol. The van der Waals surface area contributed by atoms with E-state index in [2.05, 4.69) is 10.3 Å². The van der Waals surface area contributed by atoms with Gasteiger partial charge in [-0.05, 0) is 60.8 Å². The molecule has 6 nitrogen and oxygen atoms in total. The number of ether oxygens (including phenoxy) is 1. The normalized spacial score (nSPS) is 11.9. The minimum atomic E-state index is -1.08. The number of hydrogen-bond acceptors (Lipinski definition) is 5. The van der Waals surface area contributed by atoms with Crippen LogP contribution in [0, 0.1) is 5.82 Å². The van der Waals surface area contributed by atoms with Crippen LogP contribution in [0.2, 0.25) is 0 Å². The molecule has 1 unspecified atom stereocenters. The van der Waals surface area contributed by atoms with Gasteiger partial charge in [-0.3, -0.25) is 4.79 Å². The van der Waals surface area contributed by atoms with E-state index in [-0.39, 0.29) is 5.56 Å². The summed E-state index contributed by atoms with van der Waals surface area (Å²) in [5.41, 5.74) is 2.68. The molecule has 1 atom stereocenters. The summed E-state index contributed by atoms with van der Waals surface area (Å²) in [6.45, 7) is 1.48. The predicted molar refractivity (Wildman–Crippen MR) is 127 cm³/mol. The molecule has 1 amide bonds. The molecule has 0 aliphatic heterocycles. The van der Waals surface area contributed by atoms with Crippen molar-refractivity contribution in [3.05, 3.63) is 96.3 Å². The van der Waals surface area contributed by atoms with Crippen LogP contribution in [-0.4, -0.2) is 23.0 Å². The van der Waals surface area contributed by atoms with E-state index in [1.165, 1.54) is 31.2 Å². The fourth-order valence-corrected chi connectivity index (χ4v) is 3.73. The molecule has 0 fully saturated rings. The van der Waals surface area contributed by atoms with Gasteiger partial charge in [0.25, 0.3) is 5.91 Å². The fraction of sp³-hybridized carbons (Fsp3) is 0.0741. The number of rotatable bonds is 5. The van der Waals surface area contributed by atoms with Crippen molar-refractivity contribution >= 4 is 39.4 Å². The highest BCUT2D eigenvalue weighted by molar-refractivity contribution is 6.10. The van der Waals surface area contributed by atoms with E-state index in [1.807, 2.05) is 48.5 Å². The van der Waals surface area contributed by atoms with Gasteiger partial charge in [-0.2, -0.15) is 0 Å². The van der Waals surface area contributed by atoms with E-state index >= 15 is 0 Å². The number of nitrogens with one attached hydrogen (secondary N) is 1. The second-order valence-electron chi connectivity index (χ2n) is 7.74. The second-order valence-corrected chi connectivity index (χ2v) is 7.74. The number of anilines is 1. The predicted octanol–water partition coefficient (Wildman–Crippen LogP) is 5.97. The van der Waals surface area contributed by atoms with Gasteiger partial charge in [-0.25, -0.2) is 14.2 Å². The minimum absolute atomic E-state index is 0.289. The molecule has 0 aliphatic rings. The first-order valence-electron chi connectivity index (χ1n) is 10.6. The lowest BCUT2D eigenvalue weighted by molar-refractivity contribution is -0.123. The lowest BCUT2D eigenvalue weighted by Gasteiger charge is -2.15. The largest absolute Gasteiger partial charge is 0.449 e. The molecule has 0 aliphatic carbocycles. The van der Waals surface area contributed by atoms with E-state index in [9.17, 15) is 14.0 Å². The Hall–Kier alpha value is -4.52. The maximum Gasteiger partial charge on any atom is 0.339 e. The second kappa shape index (κ2) is 8.78. The standard InChI is InChI=1S/C27H19FN2O4/c1-16(25(31)29-19-14-12-18(28)13-15-19)33-27(32)21-9-5-7-17-6-4-8-20(24(17)21)26-30-22-10-2-3-11-23(22)34-26/h2-16H,1H3,(H,29,31). The Morgan fingerprint density at radius 2 is 1.68 bits per heavy atom. The zero-order chi connectivity index (χ0) is 23.7. The van der Waals surface area contributed by atoms with Crippen molar-refractivity contribution in [2.24, 2.45) is 0 Å². The molecule has 5 rings (SSSR count). The number of oxazole rings is 1. The molecule has 4 aromatic carbocycles. The molecule has 0 saturated heterocycles. The summed E-state index contributed by atoms with van der Waals surface area (Å²) in [4.78, 5) is 30.2. The third-order valence-electron chi connectivity index (χ3n) is 5.41. The molecule has 0 spiro atoms. The molecule has 34 heavy (non-hydrogen) atoms. The number of fused-ring (bicyclic) bond motifs is 2. The van der Waals surface area contributed by atoms with Gasteiger partial charge in [0.05, 0.1) is 5.56 Å². The number of carbonyl (C=O) groups excluding carboxylic acids is 2. The van der Waals surface area contributed by atoms with Gasteiger partial charge in [0.1, 0.15) is 11.3 Å². The average Bonchev–Trinajstić information content (AvgIpc) is 3.28. The fourth-order valence-electron chi connectivity index (χ4n) is 3.73. The molecule has 0 radical (unpaired) electrons. The molecule has 5 aromatic rings. The molecule has 1 N–H and O–H groups in total. The van der Waals surface area contributed by atoms with Crippen LogP contribution in [0.3, 0.4) is 0 Å². The number of halogens is 1. The molecule has 1 heterocycles. The van der Waals surface area contributed by atoms with Crippen molar-refractivity contribution in [3.8, 4) is 11.5 Å². The summed E-state index contributed by atoms with van der Waals surface area (Å²) in [6, 6.07) is 23.6. The minimum Gasteiger partial charge on any atom is -0.449 e. The molecular formula is C27H19FN2O4. The van der Waals surface area contributed by atoms with Crippen molar-refractivity contribution < 1.29 is 23.1 Å². The zero-order valence-electron chi connectivity index (χ0n) is 18.1. The molecule has 168 valence electrons. The first kappa shape index (κ1) is 21.3. The summed E-state index contributed by atoms with van der Waals surface area (Å²) in [6.07, 6.45) is -1.08. The van der Waals surface area contributed by atoms with Crippen LogP contribution in [0.15, 0.2) is 89.3 Å². The number of nitrogens with zero attached hydrogens (tertiary/aromatic N) is 1.